The standard InChI is InChI=1S/C21H25N3O4S/c1-14(21(26)23-20-9-5-7-16-6-3-4-8-19(16)20)24-29(27,28)18-12-10-17(11-13-18)22-15(2)25/h3-4,6,8,10-14,20,24H,5,7,9H2,1-2H3,(H,22,25)(H,23,26)/t14-,20-/m0/s1. The number of fused-ring (bicyclic) bond motifs is 1. The van der Waals surface area contributed by atoms with Crippen LogP contribution >= 0.6 is 0 Å². The summed E-state index contributed by atoms with van der Waals surface area (Å²) in [5.74, 6) is -0.613. The molecule has 8 heteroatoms. The number of aryl methyl sites for hydroxylation is 1. The van der Waals surface area contributed by atoms with Gasteiger partial charge in [-0.25, -0.2) is 8.42 Å². The Morgan fingerprint density at radius 2 is 1.76 bits per heavy atom. The number of anilines is 1. The normalized spacial score (nSPS) is 17.1. The summed E-state index contributed by atoms with van der Waals surface area (Å²) in [6, 6.07) is 12.7. The fraction of sp³-hybridized carbons (Fsp3) is 0.333. The molecule has 0 heterocycles. The van der Waals surface area contributed by atoms with Crippen molar-refractivity contribution in [3.8, 4) is 0 Å². The van der Waals surface area contributed by atoms with Gasteiger partial charge in [0.25, 0.3) is 0 Å². The zero-order chi connectivity index (χ0) is 21.0. The van der Waals surface area contributed by atoms with E-state index >= 15 is 0 Å². The second kappa shape index (κ2) is 8.75. The monoisotopic (exact) mass is 415 g/mol. The molecule has 3 rings (SSSR count). The van der Waals surface area contributed by atoms with E-state index in [1.807, 2.05) is 18.2 Å². The first kappa shape index (κ1) is 21.0. The first-order chi connectivity index (χ1) is 13.8. The minimum atomic E-state index is -3.87. The highest BCUT2D eigenvalue weighted by Crippen LogP contribution is 2.29. The average Bonchev–Trinajstić information content (AvgIpc) is 2.68. The van der Waals surface area contributed by atoms with Crippen molar-refractivity contribution >= 4 is 27.5 Å². The van der Waals surface area contributed by atoms with Gasteiger partial charge in [-0.2, -0.15) is 4.72 Å². The zero-order valence-corrected chi connectivity index (χ0v) is 17.3. The van der Waals surface area contributed by atoms with Gasteiger partial charge in [-0.1, -0.05) is 24.3 Å². The number of sulfonamides is 1. The molecule has 1 aliphatic rings. The molecule has 0 bridgehead atoms. The molecule has 0 saturated carbocycles. The maximum Gasteiger partial charge on any atom is 0.241 e. The Kier molecular flexibility index (Phi) is 6.34. The van der Waals surface area contributed by atoms with Gasteiger partial charge in [0.1, 0.15) is 0 Å². The predicted molar refractivity (Wildman–Crippen MR) is 111 cm³/mol. The Morgan fingerprint density at radius 1 is 1.07 bits per heavy atom. The number of amides is 2. The Bertz CT molecular complexity index is 1000. The van der Waals surface area contributed by atoms with Gasteiger partial charge in [0.15, 0.2) is 0 Å². The molecule has 2 aromatic carbocycles. The minimum absolute atomic E-state index is 0.0225. The summed E-state index contributed by atoms with van der Waals surface area (Å²) in [7, 11) is -3.87. The molecule has 0 saturated heterocycles. The van der Waals surface area contributed by atoms with Crippen molar-refractivity contribution in [2.75, 3.05) is 5.32 Å². The molecule has 2 amide bonds. The van der Waals surface area contributed by atoms with Crippen molar-refractivity contribution in [1.82, 2.24) is 10.0 Å². The first-order valence-electron chi connectivity index (χ1n) is 9.54. The van der Waals surface area contributed by atoms with E-state index in [0.717, 1.165) is 24.8 Å². The third-order valence-electron chi connectivity index (χ3n) is 4.90. The SMILES string of the molecule is CC(=O)Nc1ccc(S(=O)(=O)N[C@@H](C)C(=O)N[C@H]2CCCc3ccccc32)cc1. The molecule has 0 spiro atoms. The van der Waals surface area contributed by atoms with Gasteiger partial charge in [-0.05, 0) is 61.6 Å². The highest BCUT2D eigenvalue weighted by molar-refractivity contribution is 7.89. The summed E-state index contributed by atoms with van der Waals surface area (Å²) in [5, 5.41) is 5.54. The van der Waals surface area contributed by atoms with Crippen molar-refractivity contribution in [2.24, 2.45) is 0 Å². The third-order valence-corrected chi connectivity index (χ3v) is 6.45. The topological polar surface area (TPSA) is 104 Å². The lowest BCUT2D eigenvalue weighted by Gasteiger charge is -2.27. The van der Waals surface area contributed by atoms with E-state index in [-0.39, 0.29) is 22.8 Å². The van der Waals surface area contributed by atoms with E-state index in [1.165, 1.54) is 43.7 Å². The molecule has 1 aliphatic carbocycles. The van der Waals surface area contributed by atoms with E-state index in [1.54, 1.807) is 0 Å². The van der Waals surface area contributed by atoms with E-state index < -0.39 is 16.1 Å². The quantitative estimate of drug-likeness (QED) is 0.674. The lowest BCUT2D eigenvalue weighted by molar-refractivity contribution is -0.123. The molecular weight excluding hydrogens is 390 g/mol. The molecule has 29 heavy (non-hydrogen) atoms. The largest absolute Gasteiger partial charge is 0.348 e. The predicted octanol–water partition coefficient (Wildman–Crippen LogP) is 2.51. The molecule has 2 aromatic rings. The number of hydrogen-bond donors (Lipinski definition) is 3. The lowest BCUT2D eigenvalue weighted by atomic mass is 9.87. The molecule has 154 valence electrons. The summed E-state index contributed by atoms with van der Waals surface area (Å²) < 4.78 is 27.6. The van der Waals surface area contributed by atoms with Gasteiger partial charge >= 0.3 is 0 Å². The molecule has 0 aromatic heterocycles. The Balaban J connectivity index is 1.65. The van der Waals surface area contributed by atoms with Crippen molar-refractivity contribution in [1.29, 1.82) is 0 Å². The van der Waals surface area contributed by atoms with Crippen molar-refractivity contribution in [2.45, 2.75) is 50.1 Å². The highest BCUT2D eigenvalue weighted by Gasteiger charge is 2.26. The smallest absolute Gasteiger partial charge is 0.241 e. The Hall–Kier alpha value is -2.71. The number of carbonyl (C=O) groups excluding carboxylic acids is 2. The van der Waals surface area contributed by atoms with Crippen LogP contribution in [0.5, 0.6) is 0 Å². The molecule has 7 nitrogen and oxygen atoms in total. The summed E-state index contributed by atoms with van der Waals surface area (Å²) in [4.78, 5) is 23.7. The van der Waals surface area contributed by atoms with Gasteiger partial charge in [0.05, 0.1) is 17.0 Å². The lowest BCUT2D eigenvalue weighted by Crippen LogP contribution is -2.46. The molecule has 2 atom stereocenters. The molecule has 0 fully saturated rings. The Labute approximate surface area is 171 Å². The fourth-order valence-electron chi connectivity index (χ4n) is 3.48. The number of rotatable bonds is 6. The van der Waals surface area contributed by atoms with Crippen LogP contribution in [-0.4, -0.2) is 26.3 Å². The molecule has 3 N–H and O–H groups in total. The van der Waals surface area contributed by atoms with Gasteiger partial charge in [-0.3, -0.25) is 9.59 Å². The minimum Gasteiger partial charge on any atom is -0.348 e. The van der Waals surface area contributed by atoms with Crippen molar-refractivity contribution in [3.05, 3.63) is 59.7 Å². The fourth-order valence-corrected chi connectivity index (χ4v) is 4.68. The molecule has 0 unspecified atom stereocenters. The third kappa shape index (κ3) is 5.21. The van der Waals surface area contributed by atoms with Crippen molar-refractivity contribution in [3.63, 3.8) is 0 Å². The maximum absolute atomic E-state index is 12.6. The van der Waals surface area contributed by atoms with E-state index in [0.29, 0.717) is 5.69 Å². The average molecular weight is 416 g/mol. The van der Waals surface area contributed by atoms with E-state index in [4.69, 9.17) is 0 Å². The summed E-state index contributed by atoms with van der Waals surface area (Å²) in [6.07, 6.45) is 2.79. The number of carbonyl (C=O) groups is 2. The van der Waals surface area contributed by atoms with Gasteiger partial charge in [0.2, 0.25) is 21.8 Å². The van der Waals surface area contributed by atoms with Gasteiger partial charge in [0, 0.05) is 12.6 Å². The van der Waals surface area contributed by atoms with Crippen LogP contribution in [0.15, 0.2) is 53.4 Å². The van der Waals surface area contributed by atoms with E-state index in [9.17, 15) is 18.0 Å². The summed E-state index contributed by atoms with van der Waals surface area (Å²) >= 11 is 0. The van der Waals surface area contributed by atoms with Crippen LogP contribution in [-0.2, 0) is 26.0 Å². The van der Waals surface area contributed by atoms with Crippen LogP contribution < -0.4 is 15.4 Å². The molecular formula is C21H25N3O4S. The summed E-state index contributed by atoms with van der Waals surface area (Å²) in [5.41, 5.74) is 2.81. The second-order valence-electron chi connectivity index (χ2n) is 7.20. The van der Waals surface area contributed by atoms with Crippen LogP contribution in [0.1, 0.15) is 43.9 Å². The number of benzene rings is 2. The first-order valence-corrected chi connectivity index (χ1v) is 11.0. The molecule has 0 radical (unpaired) electrons. The Morgan fingerprint density at radius 3 is 2.45 bits per heavy atom. The van der Waals surface area contributed by atoms with Crippen LogP contribution in [0.3, 0.4) is 0 Å². The van der Waals surface area contributed by atoms with Crippen LogP contribution in [0.25, 0.3) is 0 Å². The number of hydrogen-bond acceptors (Lipinski definition) is 4. The molecule has 0 aliphatic heterocycles. The number of nitrogens with one attached hydrogen (secondary N) is 3. The van der Waals surface area contributed by atoms with Crippen molar-refractivity contribution < 1.29 is 18.0 Å². The highest BCUT2D eigenvalue weighted by atomic mass is 32.2. The van der Waals surface area contributed by atoms with Crippen LogP contribution in [0.2, 0.25) is 0 Å². The zero-order valence-electron chi connectivity index (χ0n) is 16.4. The maximum atomic E-state index is 12.6. The van der Waals surface area contributed by atoms with E-state index in [2.05, 4.69) is 21.4 Å². The van der Waals surface area contributed by atoms with Crippen LogP contribution in [0, 0.1) is 0 Å². The second-order valence-corrected chi connectivity index (χ2v) is 8.91. The van der Waals surface area contributed by atoms with Crippen LogP contribution in [0.4, 0.5) is 5.69 Å². The summed E-state index contributed by atoms with van der Waals surface area (Å²) in [6.45, 7) is 2.89. The van der Waals surface area contributed by atoms with Gasteiger partial charge in [-0.15, -0.1) is 0 Å². The van der Waals surface area contributed by atoms with Gasteiger partial charge < -0.3 is 10.6 Å².